The summed E-state index contributed by atoms with van der Waals surface area (Å²) >= 11 is 19.3. The van der Waals surface area contributed by atoms with E-state index in [9.17, 15) is 4.39 Å². The van der Waals surface area contributed by atoms with Gasteiger partial charge in [-0.15, -0.1) is 11.3 Å². The fraction of sp³-hybridized carbons (Fsp3) is 0.286. The third kappa shape index (κ3) is 3.66. The van der Waals surface area contributed by atoms with Crippen LogP contribution in [0.4, 0.5) is 4.39 Å². The Morgan fingerprint density at radius 1 is 1.05 bits per heavy atom. The predicted octanol–water partition coefficient (Wildman–Crippen LogP) is 6.26. The average Bonchev–Trinajstić information content (AvgIpc) is 2.80. The average molecular weight is 353 g/mol. The smallest absolute Gasteiger partial charge is 0.142 e. The molecule has 0 aliphatic heterocycles. The van der Waals surface area contributed by atoms with Crippen molar-refractivity contribution in [2.45, 2.75) is 25.9 Å². The van der Waals surface area contributed by atoms with E-state index in [0.717, 1.165) is 9.21 Å². The first-order valence-electron chi connectivity index (χ1n) is 6.04. The molecule has 0 fully saturated rings. The topological polar surface area (TPSA) is 12.0 Å². The molecule has 0 spiro atoms. The Hall–Kier alpha value is -0.320. The summed E-state index contributed by atoms with van der Waals surface area (Å²) in [4.78, 5) is 1.12. The molecular weight excluding hydrogens is 340 g/mol. The van der Waals surface area contributed by atoms with Gasteiger partial charge in [-0.3, -0.25) is 0 Å². The Labute approximate surface area is 136 Å². The minimum atomic E-state index is -0.466. The van der Waals surface area contributed by atoms with Gasteiger partial charge in [-0.2, -0.15) is 0 Å². The standard InChI is InChI=1S/C14H13Cl3FNS/c1-7(9-5-12(18)11(16)6-10(9)15)19-8(2)13-3-4-14(17)20-13/h3-8,19H,1-2H3. The molecule has 0 saturated carbocycles. The first kappa shape index (κ1) is 16.1. The minimum absolute atomic E-state index is 0.0315. The Balaban J connectivity index is 2.16. The van der Waals surface area contributed by atoms with Gasteiger partial charge in [0.1, 0.15) is 5.82 Å². The van der Waals surface area contributed by atoms with Crippen LogP contribution in [0.3, 0.4) is 0 Å². The Bertz CT molecular complexity index is 614. The Morgan fingerprint density at radius 2 is 1.75 bits per heavy atom. The second-order valence-corrected chi connectivity index (χ2v) is 7.10. The molecule has 1 heterocycles. The van der Waals surface area contributed by atoms with Crippen LogP contribution in [0, 0.1) is 5.82 Å². The maximum Gasteiger partial charge on any atom is 0.142 e. The highest BCUT2D eigenvalue weighted by Crippen LogP contribution is 2.32. The molecule has 1 aromatic carbocycles. The van der Waals surface area contributed by atoms with Gasteiger partial charge in [0.15, 0.2) is 0 Å². The van der Waals surface area contributed by atoms with Crippen molar-refractivity contribution in [2.75, 3.05) is 0 Å². The number of benzene rings is 1. The lowest BCUT2D eigenvalue weighted by atomic mass is 10.1. The van der Waals surface area contributed by atoms with Crippen LogP contribution in [0.2, 0.25) is 14.4 Å². The molecule has 0 radical (unpaired) electrons. The molecule has 1 N–H and O–H groups in total. The van der Waals surface area contributed by atoms with Crippen LogP contribution < -0.4 is 5.32 Å². The van der Waals surface area contributed by atoms with Crippen molar-refractivity contribution in [3.05, 3.63) is 54.9 Å². The van der Waals surface area contributed by atoms with E-state index in [1.54, 1.807) is 0 Å². The summed E-state index contributed by atoms with van der Waals surface area (Å²) in [5.41, 5.74) is 0.683. The van der Waals surface area contributed by atoms with Crippen molar-refractivity contribution in [3.63, 3.8) is 0 Å². The number of thiophene rings is 1. The van der Waals surface area contributed by atoms with Gasteiger partial charge in [0.25, 0.3) is 0 Å². The highest BCUT2D eigenvalue weighted by atomic mass is 35.5. The largest absolute Gasteiger partial charge is 0.303 e. The third-order valence-electron chi connectivity index (χ3n) is 3.03. The maximum atomic E-state index is 13.5. The number of hydrogen-bond donors (Lipinski definition) is 1. The molecule has 2 unspecified atom stereocenters. The fourth-order valence-electron chi connectivity index (χ4n) is 1.98. The van der Waals surface area contributed by atoms with E-state index < -0.39 is 5.82 Å². The van der Waals surface area contributed by atoms with Crippen molar-refractivity contribution >= 4 is 46.1 Å². The van der Waals surface area contributed by atoms with E-state index in [0.29, 0.717) is 10.6 Å². The Morgan fingerprint density at radius 3 is 2.35 bits per heavy atom. The quantitative estimate of drug-likeness (QED) is 0.640. The van der Waals surface area contributed by atoms with Crippen LogP contribution >= 0.6 is 46.1 Å². The monoisotopic (exact) mass is 351 g/mol. The summed E-state index contributed by atoms with van der Waals surface area (Å²) in [6.45, 7) is 3.96. The highest BCUT2D eigenvalue weighted by molar-refractivity contribution is 7.16. The van der Waals surface area contributed by atoms with Crippen molar-refractivity contribution in [1.29, 1.82) is 0 Å². The summed E-state index contributed by atoms with van der Waals surface area (Å²) in [5.74, 6) is -0.466. The zero-order chi connectivity index (χ0) is 14.9. The normalized spacial score (nSPS) is 14.3. The summed E-state index contributed by atoms with van der Waals surface area (Å²) in [6, 6.07) is 6.62. The van der Waals surface area contributed by atoms with Gasteiger partial charge in [-0.25, -0.2) is 4.39 Å². The molecule has 2 rings (SSSR count). The number of nitrogens with one attached hydrogen (secondary N) is 1. The molecule has 108 valence electrons. The van der Waals surface area contributed by atoms with Gasteiger partial charge < -0.3 is 5.32 Å². The molecular formula is C14H13Cl3FNS. The summed E-state index contributed by atoms with van der Waals surface area (Å²) in [5, 5.41) is 3.85. The second-order valence-electron chi connectivity index (χ2n) is 4.54. The number of rotatable bonds is 4. The van der Waals surface area contributed by atoms with E-state index in [1.807, 2.05) is 26.0 Å². The lowest BCUT2D eigenvalue weighted by Gasteiger charge is -2.20. The molecule has 0 saturated heterocycles. The molecule has 2 aromatic rings. The highest BCUT2D eigenvalue weighted by Gasteiger charge is 2.17. The van der Waals surface area contributed by atoms with Crippen LogP contribution in [-0.2, 0) is 0 Å². The molecule has 20 heavy (non-hydrogen) atoms. The van der Waals surface area contributed by atoms with Gasteiger partial charge in [0.05, 0.1) is 9.36 Å². The molecule has 1 aromatic heterocycles. The number of halogens is 4. The van der Waals surface area contributed by atoms with Gasteiger partial charge in [-0.05, 0) is 43.7 Å². The van der Waals surface area contributed by atoms with E-state index in [1.165, 1.54) is 23.5 Å². The lowest BCUT2D eigenvalue weighted by molar-refractivity contribution is 0.497. The number of hydrogen-bond acceptors (Lipinski definition) is 2. The summed E-state index contributed by atoms with van der Waals surface area (Å²) < 4.78 is 14.3. The SMILES string of the molecule is CC(NC(C)c1cc(F)c(Cl)cc1Cl)c1ccc(Cl)s1. The van der Waals surface area contributed by atoms with Crippen LogP contribution in [0.1, 0.15) is 36.4 Å². The summed E-state index contributed by atoms with van der Waals surface area (Å²) in [7, 11) is 0. The van der Waals surface area contributed by atoms with Gasteiger partial charge in [-0.1, -0.05) is 34.8 Å². The molecule has 0 bridgehead atoms. The second kappa shape index (κ2) is 6.63. The van der Waals surface area contributed by atoms with Crippen LogP contribution in [-0.4, -0.2) is 0 Å². The Kier molecular flexibility index (Phi) is 5.32. The van der Waals surface area contributed by atoms with Crippen molar-refractivity contribution in [1.82, 2.24) is 5.32 Å². The van der Waals surface area contributed by atoms with E-state index in [4.69, 9.17) is 34.8 Å². The van der Waals surface area contributed by atoms with E-state index >= 15 is 0 Å². The molecule has 6 heteroatoms. The molecule has 0 aliphatic carbocycles. The predicted molar refractivity (Wildman–Crippen MR) is 85.7 cm³/mol. The lowest BCUT2D eigenvalue weighted by Crippen LogP contribution is -2.22. The van der Waals surface area contributed by atoms with E-state index in [2.05, 4.69) is 5.32 Å². The van der Waals surface area contributed by atoms with Gasteiger partial charge in [0.2, 0.25) is 0 Å². The first-order chi connectivity index (χ1) is 9.38. The molecule has 0 amide bonds. The molecule has 1 nitrogen and oxygen atoms in total. The van der Waals surface area contributed by atoms with Crippen molar-refractivity contribution in [3.8, 4) is 0 Å². The third-order valence-corrected chi connectivity index (χ3v) is 5.06. The van der Waals surface area contributed by atoms with Gasteiger partial charge in [0, 0.05) is 22.0 Å². The van der Waals surface area contributed by atoms with Crippen LogP contribution in [0.25, 0.3) is 0 Å². The fourth-order valence-corrected chi connectivity index (χ4v) is 3.60. The zero-order valence-corrected chi connectivity index (χ0v) is 14.0. The molecule has 0 aliphatic rings. The van der Waals surface area contributed by atoms with Gasteiger partial charge >= 0.3 is 0 Å². The van der Waals surface area contributed by atoms with Crippen LogP contribution in [0.15, 0.2) is 24.3 Å². The van der Waals surface area contributed by atoms with Crippen LogP contribution in [0.5, 0.6) is 0 Å². The first-order valence-corrected chi connectivity index (χ1v) is 7.99. The van der Waals surface area contributed by atoms with Crippen molar-refractivity contribution in [2.24, 2.45) is 0 Å². The van der Waals surface area contributed by atoms with Crippen molar-refractivity contribution < 1.29 is 4.39 Å². The minimum Gasteiger partial charge on any atom is -0.303 e. The molecule has 2 atom stereocenters. The van der Waals surface area contributed by atoms with E-state index in [-0.39, 0.29) is 17.1 Å². The zero-order valence-electron chi connectivity index (χ0n) is 10.9. The summed E-state index contributed by atoms with van der Waals surface area (Å²) in [6.07, 6.45) is 0. The maximum absolute atomic E-state index is 13.5.